The van der Waals surface area contributed by atoms with Crippen molar-refractivity contribution in [2.75, 3.05) is 27.4 Å². The van der Waals surface area contributed by atoms with E-state index >= 15 is 0 Å². The van der Waals surface area contributed by atoms with Crippen LogP contribution in [0.5, 0.6) is 11.5 Å². The lowest BCUT2D eigenvalue weighted by Gasteiger charge is -2.29. The summed E-state index contributed by atoms with van der Waals surface area (Å²) in [5.41, 5.74) is 2.84. The van der Waals surface area contributed by atoms with Crippen LogP contribution in [-0.2, 0) is 9.47 Å². The molecule has 8 heteroatoms. The van der Waals surface area contributed by atoms with Crippen molar-refractivity contribution in [3.8, 4) is 11.5 Å². The molecule has 1 aromatic carbocycles. The second-order valence-corrected chi connectivity index (χ2v) is 6.03. The number of methoxy groups -OCH3 is 2. The van der Waals surface area contributed by atoms with Gasteiger partial charge in [0.2, 0.25) is 0 Å². The first kappa shape index (κ1) is 18.2. The number of aryl methyl sites for hydroxylation is 1. The number of amides is 1. The van der Waals surface area contributed by atoms with E-state index in [0.717, 1.165) is 16.8 Å². The smallest absolute Gasteiger partial charge is 0.275 e. The molecule has 0 saturated carbocycles. The predicted octanol–water partition coefficient (Wildman–Crippen LogP) is 1.99. The van der Waals surface area contributed by atoms with Gasteiger partial charge in [0.1, 0.15) is 0 Å². The Labute approximate surface area is 151 Å². The number of H-pyrrole nitrogens is 1. The van der Waals surface area contributed by atoms with Gasteiger partial charge in [-0.25, -0.2) is 0 Å². The number of fused-ring (bicyclic) bond motifs is 1. The van der Waals surface area contributed by atoms with Gasteiger partial charge in [0, 0.05) is 25.5 Å². The SMILES string of the molecule is CCOc1cc(C2c3c(n[nH]c3C)C(=O)N2CC(OC)OC)ccc1O. The minimum absolute atomic E-state index is 0.0577. The standard InChI is InChI=1S/C18H23N3O5/c1-5-26-13-8-11(6-7-12(13)22)17-15-10(2)19-20-16(15)18(23)21(17)9-14(24-3)25-4/h6-8,14,17,22H,5,9H2,1-4H3,(H,19,20). The first-order valence-corrected chi connectivity index (χ1v) is 8.38. The van der Waals surface area contributed by atoms with Gasteiger partial charge in [0.25, 0.3) is 5.91 Å². The van der Waals surface area contributed by atoms with Crippen LogP contribution < -0.4 is 4.74 Å². The Morgan fingerprint density at radius 3 is 2.73 bits per heavy atom. The lowest BCUT2D eigenvalue weighted by atomic mass is 9.98. The summed E-state index contributed by atoms with van der Waals surface area (Å²) < 4.78 is 16.0. The van der Waals surface area contributed by atoms with Crippen LogP contribution in [0.1, 0.15) is 40.3 Å². The minimum atomic E-state index is -0.557. The number of carbonyl (C=O) groups is 1. The molecule has 1 amide bonds. The highest BCUT2D eigenvalue weighted by Crippen LogP contribution is 2.41. The highest BCUT2D eigenvalue weighted by molar-refractivity contribution is 5.98. The van der Waals surface area contributed by atoms with E-state index in [1.165, 1.54) is 14.2 Å². The van der Waals surface area contributed by atoms with E-state index in [1.807, 2.05) is 13.8 Å². The molecular formula is C18H23N3O5. The van der Waals surface area contributed by atoms with Gasteiger partial charge in [-0.05, 0) is 31.5 Å². The summed E-state index contributed by atoms with van der Waals surface area (Å²) in [6.45, 7) is 4.40. The molecule has 1 unspecified atom stereocenters. The van der Waals surface area contributed by atoms with Gasteiger partial charge >= 0.3 is 0 Å². The first-order valence-electron chi connectivity index (χ1n) is 8.38. The van der Waals surface area contributed by atoms with Crippen molar-refractivity contribution in [2.45, 2.75) is 26.2 Å². The molecule has 0 radical (unpaired) electrons. The van der Waals surface area contributed by atoms with Crippen molar-refractivity contribution in [1.29, 1.82) is 0 Å². The Hall–Kier alpha value is -2.58. The molecule has 2 heterocycles. The third-order valence-electron chi connectivity index (χ3n) is 4.51. The maximum atomic E-state index is 12.9. The van der Waals surface area contributed by atoms with Crippen LogP contribution in [0.2, 0.25) is 0 Å². The van der Waals surface area contributed by atoms with Crippen LogP contribution in [0.25, 0.3) is 0 Å². The van der Waals surface area contributed by atoms with E-state index in [-0.39, 0.29) is 24.2 Å². The van der Waals surface area contributed by atoms with Crippen molar-refractivity contribution in [2.24, 2.45) is 0 Å². The molecule has 0 spiro atoms. The fraction of sp³-hybridized carbons (Fsp3) is 0.444. The Morgan fingerprint density at radius 2 is 2.08 bits per heavy atom. The molecule has 2 aromatic rings. The van der Waals surface area contributed by atoms with Crippen LogP contribution >= 0.6 is 0 Å². The van der Waals surface area contributed by atoms with Crippen molar-refractivity contribution >= 4 is 5.91 Å². The Morgan fingerprint density at radius 1 is 1.35 bits per heavy atom. The van der Waals surface area contributed by atoms with Crippen LogP contribution in [0.4, 0.5) is 0 Å². The van der Waals surface area contributed by atoms with Gasteiger partial charge in [-0.1, -0.05) is 6.07 Å². The number of benzene rings is 1. The Kier molecular flexibility index (Phi) is 5.15. The van der Waals surface area contributed by atoms with Crippen molar-refractivity contribution in [3.63, 3.8) is 0 Å². The maximum absolute atomic E-state index is 12.9. The number of phenolic OH excluding ortho intramolecular Hbond substituents is 1. The van der Waals surface area contributed by atoms with Crippen LogP contribution in [-0.4, -0.2) is 59.8 Å². The normalized spacial score (nSPS) is 16.4. The van der Waals surface area contributed by atoms with Gasteiger partial charge < -0.3 is 24.2 Å². The summed E-state index contributed by atoms with van der Waals surface area (Å²) in [7, 11) is 3.06. The van der Waals surface area contributed by atoms with E-state index in [9.17, 15) is 9.90 Å². The molecule has 140 valence electrons. The zero-order valence-electron chi connectivity index (χ0n) is 15.3. The maximum Gasteiger partial charge on any atom is 0.275 e. The number of carbonyl (C=O) groups excluding carboxylic acids is 1. The molecule has 1 atom stereocenters. The summed E-state index contributed by atoms with van der Waals surface area (Å²) in [6, 6.07) is 4.73. The highest BCUT2D eigenvalue weighted by atomic mass is 16.7. The summed E-state index contributed by atoms with van der Waals surface area (Å²) in [6.07, 6.45) is -0.557. The number of phenols is 1. The highest BCUT2D eigenvalue weighted by Gasteiger charge is 2.42. The molecule has 0 aliphatic carbocycles. The molecule has 8 nitrogen and oxygen atoms in total. The molecule has 26 heavy (non-hydrogen) atoms. The third-order valence-corrected chi connectivity index (χ3v) is 4.51. The Bertz CT molecular complexity index is 800. The minimum Gasteiger partial charge on any atom is -0.504 e. The molecular weight excluding hydrogens is 338 g/mol. The summed E-state index contributed by atoms with van der Waals surface area (Å²) in [5.74, 6) is 0.240. The molecule has 3 rings (SSSR count). The summed E-state index contributed by atoms with van der Waals surface area (Å²) >= 11 is 0. The number of hydrogen-bond donors (Lipinski definition) is 2. The van der Waals surface area contributed by atoms with Crippen LogP contribution in [0.15, 0.2) is 18.2 Å². The monoisotopic (exact) mass is 361 g/mol. The van der Waals surface area contributed by atoms with Gasteiger partial charge in [0.05, 0.1) is 19.2 Å². The van der Waals surface area contributed by atoms with E-state index in [4.69, 9.17) is 14.2 Å². The molecule has 2 N–H and O–H groups in total. The number of aromatic hydroxyl groups is 1. The number of nitrogens with zero attached hydrogens (tertiary/aromatic N) is 2. The van der Waals surface area contributed by atoms with Crippen molar-refractivity contribution in [3.05, 3.63) is 40.7 Å². The van der Waals surface area contributed by atoms with E-state index < -0.39 is 6.29 Å². The molecule has 1 aliphatic rings. The third kappa shape index (κ3) is 3.02. The summed E-state index contributed by atoms with van der Waals surface area (Å²) in [4.78, 5) is 14.6. The number of aromatic nitrogens is 2. The van der Waals surface area contributed by atoms with Gasteiger partial charge in [0.15, 0.2) is 23.5 Å². The fourth-order valence-corrected chi connectivity index (χ4v) is 3.26. The number of hydrogen-bond acceptors (Lipinski definition) is 6. The van der Waals surface area contributed by atoms with Crippen LogP contribution in [0, 0.1) is 6.92 Å². The molecule has 0 saturated heterocycles. The lowest BCUT2D eigenvalue weighted by molar-refractivity contribution is -0.113. The quantitative estimate of drug-likeness (QED) is 0.732. The van der Waals surface area contributed by atoms with Crippen LogP contribution in [0.3, 0.4) is 0 Å². The second kappa shape index (κ2) is 7.35. The summed E-state index contributed by atoms with van der Waals surface area (Å²) in [5, 5.41) is 17.0. The number of rotatable bonds is 7. The predicted molar refractivity (Wildman–Crippen MR) is 93.3 cm³/mol. The fourth-order valence-electron chi connectivity index (χ4n) is 3.26. The topological polar surface area (TPSA) is 96.9 Å². The largest absolute Gasteiger partial charge is 0.504 e. The number of aromatic amines is 1. The lowest BCUT2D eigenvalue weighted by Crippen LogP contribution is -2.38. The number of ether oxygens (including phenoxy) is 3. The molecule has 1 aromatic heterocycles. The second-order valence-electron chi connectivity index (χ2n) is 6.03. The van der Waals surface area contributed by atoms with E-state index in [2.05, 4.69) is 10.2 Å². The van der Waals surface area contributed by atoms with E-state index in [0.29, 0.717) is 18.1 Å². The number of nitrogens with one attached hydrogen (secondary N) is 1. The van der Waals surface area contributed by atoms with Crippen molar-refractivity contribution < 1.29 is 24.1 Å². The van der Waals surface area contributed by atoms with E-state index in [1.54, 1.807) is 23.1 Å². The molecule has 1 aliphatic heterocycles. The average Bonchev–Trinajstić information content (AvgIpc) is 3.14. The van der Waals surface area contributed by atoms with Gasteiger partial charge in [-0.15, -0.1) is 0 Å². The Balaban J connectivity index is 2.06. The van der Waals surface area contributed by atoms with Gasteiger partial charge in [-0.3, -0.25) is 9.89 Å². The zero-order valence-corrected chi connectivity index (χ0v) is 15.3. The molecule has 0 bridgehead atoms. The zero-order chi connectivity index (χ0) is 18.8. The average molecular weight is 361 g/mol. The van der Waals surface area contributed by atoms with Gasteiger partial charge in [-0.2, -0.15) is 5.10 Å². The van der Waals surface area contributed by atoms with Crippen molar-refractivity contribution in [1.82, 2.24) is 15.1 Å². The molecule has 0 fully saturated rings. The first-order chi connectivity index (χ1) is 12.5.